The Morgan fingerprint density at radius 1 is 0.787 bits per heavy atom. The van der Waals surface area contributed by atoms with Crippen molar-refractivity contribution in [2.24, 2.45) is 41.4 Å². The maximum atomic E-state index is 12.8. The maximum Gasteiger partial charge on any atom is 0.306 e. The summed E-state index contributed by atoms with van der Waals surface area (Å²) in [4.78, 5) is 24.0. The van der Waals surface area contributed by atoms with Crippen LogP contribution in [0.5, 0.6) is 0 Å². The van der Waals surface area contributed by atoms with Crippen LogP contribution >= 0.6 is 0 Å². The summed E-state index contributed by atoms with van der Waals surface area (Å²) in [6.07, 6.45) is 12.2. The number of aliphatic hydroxyl groups excluding tert-OH is 3. The number of carboxylic acids is 1. The lowest BCUT2D eigenvalue weighted by atomic mass is 9.84. The summed E-state index contributed by atoms with van der Waals surface area (Å²) in [5.74, 6) is -0.587. The minimum Gasteiger partial charge on any atom is -0.512 e. The molecule has 272 valence electrons. The summed E-state index contributed by atoms with van der Waals surface area (Å²) >= 11 is 0. The van der Waals surface area contributed by atoms with Crippen molar-refractivity contribution in [2.45, 2.75) is 169 Å². The van der Waals surface area contributed by atoms with Gasteiger partial charge in [0.05, 0.1) is 47.3 Å². The zero-order valence-electron chi connectivity index (χ0n) is 31.1. The van der Waals surface area contributed by atoms with Gasteiger partial charge in [-0.05, 0) is 96.3 Å². The summed E-state index contributed by atoms with van der Waals surface area (Å²) < 4.78 is 12.8. The van der Waals surface area contributed by atoms with Crippen molar-refractivity contribution in [1.82, 2.24) is 0 Å². The third-order valence-corrected chi connectivity index (χ3v) is 11.1. The van der Waals surface area contributed by atoms with Crippen LogP contribution in [0, 0.1) is 41.4 Å². The van der Waals surface area contributed by atoms with Crippen LogP contribution < -0.4 is 0 Å². The van der Waals surface area contributed by atoms with Gasteiger partial charge in [-0.15, -0.1) is 0 Å². The summed E-state index contributed by atoms with van der Waals surface area (Å²) in [6, 6.07) is 0. The summed E-state index contributed by atoms with van der Waals surface area (Å²) in [5.41, 5.74) is -0.927. The van der Waals surface area contributed by atoms with Crippen molar-refractivity contribution in [1.29, 1.82) is 0 Å². The lowest BCUT2D eigenvalue weighted by Gasteiger charge is -2.35. The van der Waals surface area contributed by atoms with Gasteiger partial charge in [-0.25, -0.2) is 0 Å². The molecule has 0 aromatic carbocycles. The average molecular weight is 665 g/mol. The molecular weight excluding hydrogens is 596 g/mol. The van der Waals surface area contributed by atoms with Crippen molar-refractivity contribution in [3.8, 4) is 0 Å². The molecule has 0 aliphatic carbocycles. The van der Waals surface area contributed by atoms with Gasteiger partial charge in [-0.2, -0.15) is 0 Å². The minimum atomic E-state index is -0.770. The molecule has 2 saturated heterocycles. The molecule has 2 rings (SSSR count). The van der Waals surface area contributed by atoms with Crippen LogP contribution in [0.25, 0.3) is 0 Å². The Hall–Kier alpha value is -1.74. The molecule has 0 aromatic heterocycles. The first-order valence-corrected chi connectivity index (χ1v) is 18.3. The quantitative estimate of drug-likeness (QED) is 0.0584. The molecule has 0 saturated carbocycles. The lowest BCUT2D eigenvalue weighted by Crippen LogP contribution is -2.44. The van der Waals surface area contributed by atoms with Gasteiger partial charge < -0.3 is 29.9 Å². The monoisotopic (exact) mass is 664 g/mol. The summed E-state index contributed by atoms with van der Waals surface area (Å²) in [7, 11) is 0. The number of aliphatic hydroxyl groups is 3. The second kappa shape index (κ2) is 18.3. The third-order valence-electron chi connectivity index (χ3n) is 11.1. The molecule has 8 nitrogen and oxygen atoms in total. The Balaban J connectivity index is 1.75. The molecule has 47 heavy (non-hydrogen) atoms. The highest BCUT2D eigenvalue weighted by Crippen LogP contribution is 2.45. The van der Waals surface area contributed by atoms with E-state index in [-0.39, 0.29) is 59.3 Å². The van der Waals surface area contributed by atoms with Crippen LogP contribution in [0.15, 0.2) is 24.0 Å². The molecule has 4 N–H and O–H groups in total. The zero-order chi connectivity index (χ0) is 35.7. The van der Waals surface area contributed by atoms with Crippen LogP contribution in [0.4, 0.5) is 0 Å². The van der Waals surface area contributed by atoms with Gasteiger partial charge in [0, 0.05) is 30.3 Å². The predicted molar refractivity (Wildman–Crippen MR) is 187 cm³/mol. The highest BCUT2D eigenvalue weighted by Gasteiger charge is 2.51. The maximum absolute atomic E-state index is 12.8. The van der Waals surface area contributed by atoms with E-state index in [1.807, 2.05) is 27.7 Å². The zero-order valence-corrected chi connectivity index (χ0v) is 31.1. The van der Waals surface area contributed by atoms with Crippen molar-refractivity contribution in [3.63, 3.8) is 0 Å². The Morgan fingerprint density at radius 3 is 1.96 bits per heavy atom. The molecule has 13 atom stereocenters. The number of hydrogen-bond donors (Lipinski definition) is 4. The molecule has 13 unspecified atom stereocenters. The van der Waals surface area contributed by atoms with Gasteiger partial charge in [0.15, 0.2) is 5.78 Å². The molecule has 0 amide bonds. The molecule has 0 bridgehead atoms. The number of allylic oxidation sites excluding steroid dienone is 3. The van der Waals surface area contributed by atoms with Gasteiger partial charge in [-0.3, -0.25) is 9.59 Å². The van der Waals surface area contributed by atoms with Gasteiger partial charge in [0.25, 0.3) is 0 Å². The van der Waals surface area contributed by atoms with E-state index in [9.17, 15) is 24.9 Å². The Morgan fingerprint density at radius 2 is 1.38 bits per heavy atom. The van der Waals surface area contributed by atoms with Gasteiger partial charge in [-0.1, -0.05) is 60.6 Å². The molecule has 8 heteroatoms. The number of ether oxygens (including phenoxy) is 2. The second-order valence-electron chi connectivity index (χ2n) is 16.3. The molecule has 2 heterocycles. The summed E-state index contributed by atoms with van der Waals surface area (Å²) in [6.45, 7) is 19.8. The molecular formula is C39H68O8. The number of carbonyl (C=O) groups is 2. The lowest BCUT2D eigenvalue weighted by molar-refractivity contribution is -0.171. The average Bonchev–Trinajstić information content (AvgIpc) is 3.56. The van der Waals surface area contributed by atoms with Gasteiger partial charge >= 0.3 is 5.97 Å². The van der Waals surface area contributed by atoms with Crippen LogP contribution in [0.3, 0.4) is 0 Å². The van der Waals surface area contributed by atoms with Gasteiger partial charge in [0.1, 0.15) is 0 Å². The largest absolute Gasteiger partial charge is 0.512 e. The minimum absolute atomic E-state index is 0.0188. The van der Waals surface area contributed by atoms with Crippen molar-refractivity contribution in [3.05, 3.63) is 24.0 Å². The fourth-order valence-corrected chi connectivity index (χ4v) is 7.64. The summed E-state index contributed by atoms with van der Waals surface area (Å²) in [5, 5.41) is 40.9. The normalized spacial score (nSPS) is 31.2. The van der Waals surface area contributed by atoms with Gasteiger partial charge in [0.2, 0.25) is 0 Å². The smallest absolute Gasteiger partial charge is 0.306 e. The van der Waals surface area contributed by atoms with E-state index >= 15 is 0 Å². The Labute approximate surface area is 285 Å². The van der Waals surface area contributed by atoms with Crippen LogP contribution in [-0.2, 0) is 19.1 Å². The molecule has 2 aliphatic rings. The van der Waals surface area contributed by atoms with E-state index in [2.05, 4.69) is 39.8 Å². The standard InChI is InChI=1S/C39H68O8/c1-24(19-28(5)34(42)23-35(43)29(6)20-25(2)18-26(3)21-30(7)37(44)45)12-11-13-27(4)33(41)22-32-14-16-39(10,46-32)36-15-17-38(9,47-36)31(8)40/h11,13,23-33,36,40-42H,12,14-22H2,1-10H3,(H,44,45)/b13-11+,34-23-. The number of aliphatic carboxylic acids is 1. The van der Waals surface area contributed by atoms with Crippen molar-refractivity contribution < 1.29 is 39.5 Å². The number of ketones is 1. The first-order valence-electron chi connectivity index (χ1n) is 18.3. The van der Waals surface area contributed by atoms with E-state index < -0.39 is 29.4 Å². The number of hydrogen-bond acceptors (Lipinski definition) is 7. The van der Waals surface area contributed by atoms with E-state index in [1.54, 1.807) is 13.8 Å². The molecule has 0 spiro atoms. The Bertz CT molecular complexity index is 1050. The van der Waals surface area contributed by atoms with E-state index in [1.165, 1.54) is 6.08 Å². The Kier molecular flexibility index (Phi) is 16.1. The predicted octanol–water partition coefficient (Wildman–Crippen LogP) is 8.05. The number of carbonyl (C=O) groups excluding carboxylic acids is 1. The van der Waals surface area contributed by atoms with Crippen LogP contribution in [0.2, 0.25) is 0 Å². The van der Waals surface area contributed by atoms with E-state index in [0.29, 0.717) is 25.2 Å². The van der Waals surface area contributed by atoms with Crippen LogP contribution in [-0.4, -0.2) is 67.8 Å². The third kappa shape index (κ3) is 12.9. The topological polar surface area (TPSA) is 134 Å². The first kappa shape index (κ1) is 41.4. The highest BCUT2D eigenvalue weighted by molar-refractivity contribution is 5.91. The highest BCUT2D eigenvalue weighted by atomic mass is 16.6. The number of carboxylic acid groups (broad SMARTS) is 1. The first-order chi connectivity index (χ1) is 21.8. The van der Waals surface area contributed by atoms with E-state index in [0.717, 1.165) is 44.9 Å². The van der Waals surface area contributed by atoms with Crippen LogP contribution in [0.1, 0.15) is 133 Å². The van der Waals surface area contributed by atoms with E-state index in [4.69, 9.17) is 14.6 Å². The second-order valence-corrected chi connectivity index (χ2v) is 16.3. The number of rotatable bonds is 20. The molecule has 2 aliphatic heterocycles. The molecule has 2 fully saturated rings. The van der Waals surface area contributed by atoms with Crippen molar-refractivity contribution >= 4 is 11.8 Å². The van der Waals surface area contributed by atoms with Crippen molar-refractivity contribution in [2.75, 3.05) is 0 Å². The molecule has 0 radical (unpaired) electrons. The fraction of sp³-hybridized carbons (Fsp3) is 0.846. The fourth-order valence-electron chi connectivity index (χ4n) is 7.64. The SMILES string of the molecule is CC(CC(C)CC(C)C(=O)/C=C(\O)C(C)CC(C)C/C=C/C(C)C(O)CC1CCC(C)(C2CCC(C)(C(C)O)O2)O1)CC(C)C(=O)O. The molecule has 0 aromatic rings.